The lowest BCUT2D eigenvalue weighted by atomic mass is 10.1. The highest BCUT2D eigenvalue weighted by Crippen LogP contribution is 2.12. The van der Waals surface area contributed by atoms with Crippen molar-refractivity contribution >= 4 is 17.9 Å². The fourth-order valence-corrected chi connectivity index (χ4v) is 6.67. The summed E-state index contributed by atoms with van der Waals surface area (Å²) in [7, 11) is 0. The number of hydrogen-bond donors (Lipinski definition) is 0. The van der Waals surface area contributed by atoms with E-state index in [-0.39, 0.29) is 44.0 Å². The zero-order valence-corrected chi connectivity index (χ0v) is 43.3. The van der Waals surface area contributed by atoms with E-state index in [4.69, 9.17) is 14.2 Å². The molecule has 0 aliphatic carbocycles. The first-order valence-electron chi connectivity index (χ1n) is 26.8. The van der Waals surface area contributed by atoms with Gasteiger partial charge in [-0.2, -0.15) is 0 Å². The van der Waals surface area contributed by atoms with Crippen LogP contribution in [0.1, 0.15) is 207 Å². The van der Waals surface area contributed by atoms with Crippen molar-refractivity contribution in [3.8, 4) is 0 Å². The van der Waals surface area contributed by atoms with Crippen LogP contribution in [0, 0.1) is 0 Å². The lowest BCUT2D eigenvalue weighted by Crippen LogP contribution is -2.30. The van der Waals surface area contributed by atoms with Gasteiger partial charge in [0, 0.05) is 19.3 Å². The fraction of sp³-hybridized carbons (Fsp3) is 0.565. The van der Waals surface area contributed by atoms with Crippen LogP contribution in [0.4, 0.5) is 0 Å². The van der Waals surface area contributed by atoms with Crippen molar-refractivity contribution in [3.63, 3.8) is 0 Å². The molecule has 0 radical (unpaired) electrons. The Morgan fingerprint density at radius 1 is 0.294 bits per heavy atom. The van der Waals surface area contributed by atoms with Crippen LogP contribution < -0.4 is 0 Å². The molecule has 0 aliphatic heterocycles. The summed E-state index contributed by atoms with van der Waals surface area (Å²) in [6.07, 6.45) is 78.4. The van der Waals surface area contributed by atoms with E-state index in [0.29, 0.717) is 12.8 Å². The molecule has 0 N–H and O–H groups in total. The summed E-state index contributed by atoms with van der Waals surface area (Å²) < 4.78 is 16.7. The molecule has 6 heteroatoms. The molecule has 0 rings (SSSR count). The lowest BCUT2D eigenvalue weighted by molar-refractivity contribution is -0.166. The molecule has 0 spiro atoms. The highest BCUT2D eigenvalue weighted by Gasteiger charge is 2.19. The Bertz CT molecular complexity index is 1540. The van der Waals surface area contributed by atoms with Crippen molar-refractivity contribution in [1.29, 1.82) is 0 Å². The van der Waals surface area contributed by atoms with Gasteiger partial charge in [0.15, 0.2) is 6.10 Å². The largest absolute Gasteiger partial charge is 0.462 e. The zero-order chi connectivity index (χ0) is 49.3. The van der Waals surface area contributed by atoms with Gasteiger partial charge in [0.1, 0.15) is 13.2 Å². The van der Waals surface area contributed by atoms with Crippen LogP contribution in [0.3, 0.4) is 0 Å². The molecule has 0 amide bonds. The second kappa shape index (κ2) is 54.9. The van der Waals surface area contributed by atoms with E-state index in [1.54, 1.807) is 0 Å². The zero-order valence-electron chi connectivity index (χ0n) is 43.3. The molecule has 0 saturated carbocycles. The minimum Gasteiger partial charge on any atom is -0.462 e. The van der Waals surface area contributed by atoms with Gasteiger partial charge in [-0.15, -0.1) is 0 Å². The molecule has 1 unspecified atom stereocenters. The monoisotopic (exact) mass is 937 g/mol. The van der Waals surface area contributed by atoms with Gasteiger partial charge in [0.25, 0.3) is 0 Å². The average Bonchev–Trinajstić information content (AvgIpc) is 3.34. The quantitative estimate of drug-likeness (QED) is 0.0262. The molecule has 6 nitrogen and oxygen atoms in total. The van der Waals surface area contributed by atoms with Crippen molar-refractivity contribution in [2.45, 2.75) is 213 Å². The highest BCUT2D eigenvalue weighted by molar-refractivity contribution is 5.71. The number of rotatable bonds is 46. The molecule has 0 bridgehead atoms. The molecule has 0 fully saturated rings. The minimum absolute atomic E-state index is 0.121. The predicted molar refractivity (Wildman–Crippen MR) is 292 cm³/mol. The van der Waals surface area contributed by atoms with Crippen LogP contribution in [-0.2, 0) is 28.6 Å². The number of unbranched alkanes of at least 4 members (excludes halogenated alkanes) is 11. The van der Waals surface area contributed by atoms with E-state index in [0.717, 1.165) is 148 Å². The van der Waals surface area contributed by atoms with E-state index in [1.807, 2.05) is 12.2 Å². The maximum Gasteiger partial charge on any atom is 0.306 e. The number of allylic oxidation sites excluding steroid dienone is 24. The van der Waals surface area contributed by atoms with Gasteiger partial charge < -0.3 is 14.2 Å². The molecule has 68 heavy (non-hydrogen) atoms. The van der Waals surface area contributed by atoms with Crippen molar-refractivity contribution in [2.24, 2.45) is 0 Å². The first-order valence-corrected chi connectivity index (χ1v) is 26.8. The summed E-state index contributed by atoms with van der Waals surface area (Å²) in [4.78, 5) is 38.0. The lowest BCUT2D eigenvalue weighted by Gasteiger charge is -2.18. The molecule has 1 atom stereocenters. The standard InChI is InChI=1S/C62H96O6/c1-4-7-10-13-16-19-22-25-27-29-31-33-35-37-40-43-46-49-52-55-61(64)67-58-59(57-66-60(63)54-51-48-45-42-39-24-21-18-15-12-9-6-3)68-62(65)56-53-50-47-44-41-38-36-34-32-30-28-26-23-20-17-14-11-8-5-2/h7-12,16-21,25-28,31-34,37,40,46,49,59H,4-6,13-15,22-24,29-30,35-36,38-39,41-45,47-48,50-58H2,1-3H3/b10-7-,11-8-,12-9-,19-16-,20-17-,21-18-,27-25-,28-26-,33-31-,34-32-,40-37-,49-46-. The van der Waals surface area contributed by atoms with E-state index in [2.05, 4.69) is 154 Å². The van der Waals surface area contributed by atoms with Gasteiger partial charge in [-0.3, -0.25) is 14.4 Å². The van der Waals surface area contributed by atoms with E-state index < -0.39 is 6.10 Å². The first kappa shape index (κ1) is 63.3. The van der Waals surface area contributed by atoms with Crippen LogP contribution in [0.25, 0.3) is 0 Å². The normalized spacial score (nSPS) is 13.3. The smallest absolute Gasteiger partial charge is 0.306 e. The Morgan fingerprint density at radius 3 is 0.912 bits per heavy atom. The summed E-state index contributed by atoms with van der Waals surface area (Å²) in [6.45, 7) is 6.19. The summed E-state index contributed by atoms with van der Waals surface area (Å²) in [5.41, 5.74) is 0. The molecule has 0 aromatic rings. The number of carbonyl (C=O) groups is 3. The third kappa shape index (κ3) is 52.3. The molecule has 0 heterocycles. The van der Waals surface area contributed by atoms with Crippen LogP contribution in [0.2, 0.25) is 0 Å². The Labute approximate surface area is 417 Å². The molecular weight excluding hydrogens is 841 g/mol. The summed E-state index contributed by atoms with van der Waals surface area (Å²) in [5, 5.41) is 0. The van der Waals surface area contributed by atoms with Crippen molar-refractivity contribution in [2.75, 3.05) is 13.2 Å². The number of esters is 3. The van der Waals surface area contributed by atoms with Crippen molar-refractivity contribution in [3.05, 3.63) is 146 Å². The highest BCUT2D eigenvalue weighted by atomic mass is 16.6. The third-order valence-corrected chi connectivity index (χ3v) is 10.6. The Balaban J connectivity index is 4.55. The van der Waals surface area contributed by atoms with Gasteiger partial charge in [0.2, 0.25) is 0 Å². The van der Waals surface area contributed by atoms with E-state index >= 15 is 0 Å². The summed E-state index contributed by atoms with van der Waals surface area (Å²) >= 11 is 0. The topological polar surface area (TPSA) is 78.9 Å². The molecule has 0 saturated heterocycles. The minimum atomic E-state index is -0.829. The van der Waals surface area contributed by atoms with Gasteiger partial charge in [-0.25, -0.2) is 0 Å². The van der Waals surface area contributed by atoms with Crippen molar-refractivity contribution < 1.29 is 28.6 Å². The summed E-state index contributed by atoms with van der Waals surface area (Å²) in [5.74, 6) is -1.05. The van der Waals surface area contributed by atoms with E-state index in [9.17, 15) is 14.4 Å². The van der Waals surface area contributed by atoms with Gasteiger partial charge in [0.05, 0.1) is 0 Å². The van der Waals surface area contributed by atoms with Crippen LogP contribution in [-0.4, -0.2) is 37.2 Å². The van der Waals surface area contributed by atoms with Crippen LogP contribution >= 0.6 is 0 Å². The predicted octanol–water partition coefficient (Wildman–Crippen LogP) is 18.0. The van der Waals surface area contributed by atoms with Crippen molar-refractivity contribution in [1.82, 2.24) is 0 Å². The molecular formula is C62H96O6. The molecule has 0 aliphatic rings. The average molecular weight is 937 g/mol. The second-order valence-corrected chi connectivity index (χ2v) is 17.0. The second-order valence-electron chi connectivity index (χ2n) is 17.0. The van der Waals surface area contributed by atoms with E-state index in [1.165, 1.54) is 12.8 Å². The number of carbonyl (C=O) groups excluding carboxylic acids is 3. The number of ether oxygens (including phenoxy) is 3. The third-order valence-electron chi connectivity index (χ3n) is 10.6. The Hall–Kier alpha value is -4.71. The fourth-order valence-electron chi connectivity index (χ4n) is 6.67. The SMILES string of the molecule is CC/C=C\C/C=C\C/C=C\C/C=C\C/C=C\C/C=C\CCC(=O)OCC(COC(=O)CCCCCCC/C=C\C/C=C\CC)OC(=O)CCCCCCCC/C=C\C/C=C\C/C=C\C/C=C\CC. The van der Waals surface area contributed by atoms with Gasteiger partial charge in [-0.1, -0.05) is 212 Å². The van der Waals surface area contributed by atoms with Crippen LogP contribution in [0.15, 0.2) is 146 Å². The first-order chi connectivity index (χ1) is 33.5. The Morgan fingerprint density at radius 2 is 0.559 bits per heavy atom. The molecule has 0 aromatic carbocycles. The molecule has 380 valence electrons. The summed E-state index contributed by atoms with van der Waals surface area (Å²) in [6, 6.07) is 0. The van der Waals surface area contributed by atoms with Gasteiger partial charge in [-0.05, 0) is 122 Å². The number of hydrogen-bond acceptors (Lipinski definition) is 6. The van der Waals surface area contributed by atoms with Gasteiger partial charge >= 0.3 is 17.9 Å². The molecule has 0 aromatic heterocycles. The van der Waals surface area contributed by atoms with Crippen LogP contribution in [0.5, 0.6) is 0 Å². The Kier molecular flexibility index (Phi) is 51.1. The maximum atomic E-state index is 12.8. The maximum absolute atomic E-state index is 12.8.